The first-order valence-corrected chi connectivity index (χ1v) is 5.04. The monoisotopic (exact) mass is 211 g/mol. The van der Waals surface area contributed by atoms with Crippen LogP contribution in [0.3, 0.4) is 0 Å². The summed E-state index contributed by atoms with van der Waals surface area (Å²) in [6.45, 7) is 7.41. The molecule has 0 bridgehead atoms. The molecule has 1 aliphatic rings. The van der Waals surface area contributed by atoms with Crippen molar-refractivity contribution in [3.63, 3.8) is 0 Å². The van der Waals surface area contributed by atoms with Crippen LogP contribution < -0.4 is 10.6 Å². The van der Waals surface area contributed by atoms with Gasteiger partial charge >= 0.3 is 0 Å². The molecule has 2 N–H and O–H groups in total. The molecule has 0 aliphatic carbocycles. The summed E-state index contributed by atoms with van der Waals surface area (Å²) in [5, 5.41) is 5.43. The number of amides is 2. The topological polar surface area (TPSA) is 61.4 Å². The van der Waals surface area contributed by atoms with Gasteiger partial charge in [-0.1, -0.05) is 6.08 Å². The van der Waals surface area contributed by atoms with Gasteiger partial charge in [-0.25, -0.2) is 0 Å². The third-order valence-corrected chi connectivity index (χ3v) is 2.42. The molecule has 0 spiro atoms. The smallest absolute Gasteiger partial charge is 0.237 e. The van der Waals surface area contributed by atoms with Crippen LogP contribution in [0.15, 0.2) is 12.7 Å². The number of rotatable bonds is 4. The van der Waals surface area contributed by atoms with E-state index in [2.05, 4.69) is 17.2 Å². The number of nitrogens with one attached hydrogen (secondary N) is 2. The average Bonchev–Trinajstić information content (AvgIpc) is 2.24. The predicted octanol–water partition coefficient (Wildman–Crippen LogP) is -0.891. The molecule has 1 heterocycles. The fourth-order valence-corrected chi connectivity index (χ4v) is 1.48. The molecular formula is C10H17N3O2. The Morgan fingerprint density at radius 2 is 2.53 bits per heavy atom. The first kappa shape index (κ1) is 11.7. The van der Waals surface area contributed by atoms with Gasteiger partial charge in [0.25, 0.3) is 0 Å². The van der Waals surface area contributed by atoms with Gasteiger partial charge in [-0.3, -0.25) is 14.5 Å². The van der Waals surface area contributed by atoms with Crippen LogP contribution in [-0.4, -0.2) is 48.9 Å². The third-order valence-electron chi connectivity index (χ3n) is 2.42. The van der Waals surface area contributed by atoms with Gasteiger partial charge in [0.1, 0.15) is 0 Å². The molecule has 0 aromatic rings. The van der Waals surface area contributed by atoms with E-state index in [0.717, 1.165) is 0 Å². The van der Waals surface area contributed by atoms with Crippen LogP contribution in [0.5, 0.6) is 0 Å². The number of hydrogen-bond acceptors (Lipinski definition) is 3. The van der Waals surface area contributed by atoms with Gasteiger partial charge in [-0.15, -0.1) is 6.58 Å². The summed E-state index contributed by atoms with van der Waals surface area (Å²) in [6.07, 6.45) is 1.63. The maximum atomic E-state index is 11.6. The summed E-state index contributed by atoms with van der Waals surface area (Å²) in [5.74, 6) is -0.0887. The largest absolute Gasteiger partial charge is 0.354 e. The molecule has 1 rings (SSSR count). The summed E-state index contributed by atoms with van der Waals surface area (Å²) in [7, 11) is 0. The van der Waals surface area contributed by atoms with E-state index in [0.29, 0.717) is 26.2 Å². The lowest BCUT2D eigenvalue weighted by Crippen LogP contribution is -2.54. The third kappa shape index (κ3) is 3.36. The minimum atomic E-state index is -0.268. The van der Waals surface area contributed by atoms with Crippen molar-refractivity contribution in [2.24, 2.45) is 0 Å². The Balaban J connectivity index is 2.43. The van der Waals surface area contributed by atoms with Gasteiger partial charge in [-0.05, 0) is 6.92 Å². The van der Waals surface area contributed by atoms with Crippen LogP contribution >= 0.6 is 0 Å². The highest BCUT2D eigenvalue weighted by Crippen LogP contribution is 2.01. The van der Waals surface area contributed by atoms with E-state index in [4.69, 9.17) is 0 Å². The maximum absolute atomic E-state index is 11.6. The Hall–Kier alpha value is -1.36. The molecule has 0 saturated carbocycles. The maximum Gasteiger partial charge on any atom is 0.237 e. The summed E-state index contributed by atoms with van der Waals surface area (Å²) in [6, 6.07) is -0.268. The van der Waals surface area contributed by atoms with Crippen molar-refractivity contribution in [3.8, 4) is 0 Å². The second kappa shape index (κ2) is 5.50. The standard InChI is InChI=1S/C10H17N3O2/c1-3-4-12-10(15)8(2)13-6-5-11-9(14)7-13/h3,8H,1,4-7H2,2H3,(H,11,14)(H,12,15). The highest BCUT2D eigenvalue weighted by Gasteiger charge is 2.25. The molecule has 1 saturated heterocycles. The van der Waals surface area contributed by atoms with E-state index in [1.807, 2.05) is 4.90 Å². The van der Waals surface area contributed by atoms with Gasteiger partial charge < -0.3 is 10.6 Å². The Morgan fingerprint density at radius 3 is 3.13 bits per heavy atom. The lowest BCUT2D eigenvalue weighted by molar-refractivity contribution is -0.130. The van der Waals surface area contributed by atoms with E-state index in [9.17, 15) is 9.59 Å². The van der Waals surface area contributed by atoms with Gasteiger partial charge in [0.15, 0.2) is 0 Å². The van der Waals surface area contributed by atoms with Crippen molar-refractivity contribution in [2.75, 3.05) is 26.2 Å². The van der Waals surface area contributed by atoms with E-state index in [1.54, 1.807) is 13.0 Å². The van der Waals surface area contributed by atoms with Crippen LogP contribution in [0.4, 0.5) is 0 Å². The van der Waals surface area contributed by atoms with Gasteiger partial charge in [0.05, 0.1) is 12.6 Å². The molecule has 5 heteroatoms. The molecule has 0 aromatic heterocycles. The molecule has 1 unspecified atom stereocenters. The number of carbonyl (C=O) groups excluding carboxylic acids is 2. The zero-order chi connectivity index (χ0) is 11.3. The first-order valence-electron chi connectivity index (χ1n) is 5.04. The van der Waals surface area contributed by atoms with Crippen LogP contribution in [0.1, 0.15) is 6.92 Å². The van der Waals surface area contributed by atoms with E-state index >= 15 is 0 Å². The summed E-state index contributed by atoms with van der Waals surface area (Å²) < 4.78 is 0. The van der Waals surface area contributed by atoms with Gasteiger partial charge in [-0.2, -0.15) is 0 Å². The molecule has 0 aromatic carbocycles. The lowest BCUT2D eigenvalue weighted by Gasteiger charge is -2.30. The summed E-state index contributed by atoms with van der Waals surface area (Å²) in [4.78, 5) is 24.5. The Kier molecular flexibility index (Phi) is 4.30. The normalized spacial score (nSPS) is 19.1. The molecular weight excluding hydrogens is 194 g/mol. The van der Waals surface area contributed by atoms with Crippen LogP contribution in [0, 0.1) is 0 Å². The average molecular weight is 211 g/mol. The van der Waals surface area contributed by atoms with Crippen molar-refractivity contribution >= 4 is 11.8 Å². The highest BCUT2D eigenvalue weighted by molar-refractivity contribution is 5.83. The van der Waals surface area contributed by atoms with Crippen LogP contribution in [-0.2, 0) is 9.59 Å². The number of carbonyl (C=O) groups is 2. The van der Waals surface area contributed by atoms with Gasteiger partial charge in [0.2, 0.25) is 11.8 Å². The second-order valence-electron chi connectivity index (χ2n) is 3.53. The fraction of sp³-hybridized carbons (Fsp3) is 0.600. The Labute approximate surface area is 89.5 Å². The van der Waals surface area contributed by atoms with Gasteiger partial charge in [0, 0.05) is 19.6 Å². The number of piperazine rings is 1. The molecule has 1 atom stereocenters. The number of nitrogens with zero attached hydrogens (tertiary/aromatic N) is 1. The zero-order valence-electron chi connectivity index (χ0n) is 8.95. The Morgan fingerprint density at radius 1 is 1.80 bits per heavy atom. The molecule has 5 nitrogen and oxygen atoms in total. The quantitative estimate of drug-likeness (QED) is 0.593. The number of hydrogen-bond donors (Lipinski definition) is 2. The van der Waals surface area contributed by atoms with Crippen molar-refractivity contribution < 1.29 is 9.59 Å². The second-order valence-corrected chi connectivity index (χ2v) is 3.53. The molecule has 1 fully saturated rings. The van der Waals surface area contributed by atoms with E-state index in [1.165, 1.54) is 0 Å². The fourth-order valence-electron chi connectivity index (χ4n) is 1.48. The lowest BCUT2D eigenvalue weighted by atomic mass is 10.2. The molecule has 15 heavy (non-hydrogen) atoms. The summed E-state index contributed by atoms with van der Waals surface area (Å²) >= 11 is 0. The van der Waals surface area contributed by atoms with Crippen molar-refractivity contribution in [1.82, 2.24) is 15.5 Å². The Bertz CT molecular complexity index is 265. The SMILES string of the molecule is C=CCNC(=O)C(C)N1CCNC(=O)C1. The van der Waals surface area contributed by atoms with Crippen LogP contribution in [0.2, 0.25) is 0 Å². The van der Waals surface area contributed by atoms with Crippen molar-refractivity contribution in [2.45, 2.75) is 13.0 Å². The molecule has 84 valence electrons. The van der Waals surface area contributed by atoms with Crippen molar-refractivity contribution in [3.05, 3.63) is 12.7 Å². The van der Waals surface area contributed by atoms with Crippen LogP contribution in [0.25, 0.3) is 0 Å². The highest BCUT2D eigenvalue weighted by atomic mass is 16.2. The zero-order valence-corrected chi connectivity index (χ0v) is 8.95. The summed E-state index contributed by atoms with van der Waals surface area (Å²) in [5.41, 5.74) is 0. The minimum Gasteiger partial charge on any atom is -0.354 e. The van der Waals surface area contributed by atoms with Crippen molar-refractivity contribution in [1.29, 1.82) is 0 Å². The van der Waals surface area contributed by atoms with E-state index in [-0.39, 0.29) is 17.9 Å². The molecule has 1 aliphatic heterocycles. The molecule has 0 radical (unpaired) electrons. The predicted molar refractivity (Wildman–Crippen MR) is 57.3 cm³/mol. The first-order chi connectivity index (χ1) is 7.15. The minimum absolute atomic E-state index is 0.0235. The molecule has 2 amide bonds. The van der Waals surface area contributed by atoms with E-state index < -0.39 is 0 Å².